The maximum absolute atomic E-state index is 13.3. The van der Waals surface area contributed by atoms with Crippen molar-refractivity contribution in [1.29, 1.82) is 0 Å². The number of carboxylic acid groups (broad SMARTS) is 1. The molecule has 132 valence electrons. The Morgan fingerprint density at radius 1 is 1.17 bits per heavy atom. The normalized spacial score (nSPS) is 16.2. The molecule has 4 nitrogen and oxygen atoms in total. The first kappa shape index (κ1) is 19.1. The Bertz CT molecular complexity index is 621. The third kappa shape index (κ3) is 3.55. The highest BCUT2D eigenvalue weighted by molar-refractivity contribution is 6.42. The van der Waals surface area contributed by atoms with Crippen LogP contribution in [0, 0.1) is 5.92 Å². The van der Waals surface area contributed by atoms with Gasteiger partial charge in [-0.05, 0) is 43.4 Å². The molecule has 6 heteroatoms. The number of amides is 1. The quantitative estimate of drug-likeness (QED) is 0.835. The number of piperidine rings is 1. The van der Waals surface area contributed by atoms with Gasteiger partial charge in [0.2, 0.25) is 5.91 Å². The van der Waals surface area contributed by atoms with Crippen molar-refractivity contribution in [2.45, 2.75) is 44.9 Å². The van der Waals surface area contributed by atoms with Gasteiger partial charge in [-0.25, -0.2) is 0 Å². The number of rotatable bonds is 5. The second-order valence-corrected chi connectivity index (χ2v) is 7.14. The standard InChI is InChI=1S/C18H23Cl2NO3/c1-3-18(4-2,13-5-6-14(19)15(20)11-13)17(24)21-9-7-12(8-10-21)16(22)23/h5-6,11-12H,3-4,7-10H2,1-2H3,(H,22,23). The summed E-state index contributed by atoms with van der Waals surface area (Å²) in [6.45, 7) is 4.96. The largest absolute Gasteiger partial charge is 0.481 e. The Balaban J connectivity index is 2.27. The van der Waals surface area contributed by atoms with Crippen molar-refractivity contribution >= 4 is 35.1 Å². The summed E-state index contributed by atoms with van der Waals surface area (Å²) in [6, 6.07) is 5.37. The molecule has 0 saturated carbocycles. The molecule has 1 saturated heterocycles. The smallest absolute Gasteiger partial charge is 0.306 e. The molecule has 1 fully saturated rings. The summed E-state index contributed by atoms with van der Waals surface area (Å²) in [7, 11) is 0. The molecule has 1 heterocycles. The van der Waals surface area contributed by atoms with Crippen LogP contribution in [-0.2, 0) is 15.0 Å². The molecule has 2 rings (SSSR count). The average Bonchev–Trinajstić information content (AvgIpc) is 2.59. The maximum atomic E-state index is 13.3. The summed E-state index contributed by atoms with van der Waals surface area (Å²) in [5, 5.41) is 10.0. The summed E-state index contributed by atoms with van der Waals surface area (Å²) >= 11 is 12.2. The van der Waals surface area contributed by atoms with Gasteiger partial charge in [0.25, 0.3) is 0 Å². The highest BCUT2D eigenvalue weighted by Crippen LogP contribution is 2.37. The van der Waals surface area contributed by atoms with Crippen LogP contribution in [0.1, 0.15) is 45.1 Å². The topological polar surface area (TPSA) is 57.6 Å². The van der Waals surface area contributed by atoms with Gasteiger partial charge in [-0.15, -0.1) is 0 Å². The van der Waals surface area contributed by atoms with E-state index in [2.05, 4.69) is 0 Å². The summed E-state index contributed by atoms with van der Waals surface area (Å²) in [5.74, 6) is -1.07. The zero-order valence-electron chi connectivity index (χ0n) is 14.0. The van der Waals surface area contributed by atoms with E-state index in [4.69, 9.17) is 28.3 Å². The Hall–Kier alpha value is -1.26. The zero-order valence-corrected chi connectivity index (χ0v) is 15.5. The first-order valence-electron chi connectivity index (χ1n) is 8.33. The van der Waals surface area contributed by atoms with Gasteiger partial charge in [0.05, 0.1) is 21.4 Å². The SMILES string of the molecule is CCC(CC)(C(=O)N1CCC(C(=O)O)CC1)c1ccc(Cl)c(Cl)c1. The Morgan fingerprint density at radius 3 is 2.21 bits per heavy atom. The van der Waals surface area contributed by atoms with Gasteiger partial charge in [-0.1, -0.05) is 43.1 Å². The molecule has 0 atom stereocenters. The summed E-state index contributed by atoms with van der Waals surface area (Å²) in [5.41, 5.74) is 0.219. The number of carbonyl (C=O) groups is 2. The molecule has 0 spiro atoms. The molecule has 0 radical (unpaired) electrons. The van der Waals surface area contributed by atoms with Crippen LogP contribution in [0.2, 0.25) is 10.0 Å². The van der Waals surface area contributed by atoms with E-state index in [9.17, 15) is 9.59 Å². The number of halogens is 2. The van der Waals surface area contributed by atoms with E-state index in [0.717, 1.165) is 5.56 Å². The molecule has 1 aliphatic rings. The van der Waals surface area contributed by atoms with Crippen LogP contribution < -0.4 is 0 Å². The third-order valence-corrected chi connectivity index (χ3v) is 5.96. The predicted octanol–water partition coefficient (Wildman–Crippen LogP) is 4.37. The molecule has 0 unspecified atom stereocenters. The van der Waals surface area contributed by atoms with Crippen molar-refractivity contribution in [3.63, 3.8) is 0 Å². The maximum Gasteiger partial charge on any atom is 0.306 e. The number of carboxylic acids is 1. The minimum absolute atomic E-state index is 0.0507. The van der Waals surface area contributed by atoms with E-state index in [1.165, 1.54) is 0 Å². The van der Waals surface area contributed by atoms with Gasteiger partial charge in [-0.3, -0.25) is 9.59 Å². The van der Waals surface area contributed by atoms with Crippen LogP contribution in [0.4, 0.5) is 0 Å². The van der Waals surface area contributed by atoms with Crippen LogP contribution in [0.15, 0.2) is 18.2 Å². The van der Waals surface area contributed by atoms with Crippen molar-refractivity contribution in [1.82, 2.24) is 4.90 Å². The summed E-state index contributed by atoms with van der Waals surface area (Å²) in [4.78, 5) is 26.2. The predicted molar refractivity (Wildman–Crippen MR) is 95.7 cm³/mol. The highest BCUT2D eigenvalue weighted by Gasteiger charge is 2.41. The molecule has 1 aromatic carbocycles. The van der Waals surface area contributed by atoms with E-state index in [0.29, 0.717) is 48.8 Å². The van der Waals surface area contributed by atoms with Crippen LogP contribution in [0.3, 0.4) is 0 Å². The van der Waals surface area contributed by atoms with E-state index in [-0.39, 0.29) is 11.8 Å². The number of benzene rings is 1. The molecule has 24 heavy (non-hydrogen) atoms. The van der Waals surface area contributed by atoms with Gasteiger partial charge < -0.3 is 10.0 Å². The second kappa shape index (κ2) is 7.75. The molecule has 0 bridgehead atoms. The number of aliphatic carboxylic acids is 1. The lowest BCUT2D eigenvalue weighted by atomic mass is 9.74. The number of carbonyl (C=O) groups excluding carboxylic acids is 1. The van der Waals surface area contributed by atoms with Crippen molar-refractivity contribution < 1.29 is 14.7 Å². The van der Waals surface area contributed by atoms with Crippen molar-refractivity contribution in [3.8, 4) is 0 Å². The lowest BCUT2D eigenvalue weighted by molar-refractivity contribution is -0.147. The number of nitrogens with zero attached hydrogens (tertiary/aromatic N) is 1. The molecule has 1 aliphatic heterocycles. The monoisotopic (exact) mass is 371 g/mol. The Morgan fingerprint density at radius 2 is 1.75 bits per heavy atom. The van der Waals surface area contributed by atoms with Crippen LogP contribution in [0.25, 0.3) is 0 Å². The van der Waals surface area contributed by atoms with Crippen LogP contribution in [0.5, 0.6) is 0 Å². The molecule has 1 N–H and O–H groups in total. The van der Waals surface area contributed by atoms with Crippen molar-refractivity contribution in [2.24, 2.45) is 5.92 Å². The van der Waals surface area contributed by atoms with Gasteiger partial charge in [0.1, 0.15) is 0 Å². The molecule has 0 aliphatic carbocycles. The van der Waals surface area contributed by atoms with E-state index in [1.54, 1.807) is 17.0 Å². The summed E-state index contributed by atoms with van der Waals surface area (Å²) in [6.07, 6.45) is 2.32. The minimum atomic E-state index is -0.774. The van der Waals surface area contributed by atoms with Gasteiger partial charge in [0, 0.05) is 13.1 Å². The Kier molecular flexibility index (Phi) is 6.16. The van der Waals surface area contributed by atoms with Crippen molar-refractivity contribution in [3.05, 3.63) is 33.8 Å². The second-order valence-electron chi connectivity index (χ2n) is 6.32. The lowest BCUT2D eigenvalue weighted by Gasteiger charge is -2.39. The van der Waals surface area contributed by atoms with Gasteiger partial charge in [-0.2, -0.15) is 0 Å². The fourth-order valence-electron chi connectivity index (χ4n) is 3.51. The van der Waals surface area contributed by atoms with Gasteiger partial charge in [0.15, 0.2) is 0 Å². The van der Waals surface area contributed by atoms with E-state index in [1.807, 2.05) is 19.9 Å². The number of likely N-dealkylation sites (tertiary alicyclic amines) is 1. The number of hydrogen-bond acceptors (Lipinski definition) is 2. The van der Waals surface area contributed by atoms with E-state index >= 15 is 0 Å². The third-order valence-electron chi connectivity index (χ3n) is 5.22. The lowest BCUT2D eigenvalue weighted by Crippen LogP contribution is -2.50. The molecular weight excluding hydrogens is 349 g/mol. The molecule has 0 aromatic heterocycles. The first-order valence-corrected chi connectivity index (χ1v) is 9.09. The summed E-state index contributed by atoms with van der Waals surface area (Å²) < 4.78 is 0. The fourth-order valence-corrected chi connectivity index (χ4v) is 3.81. The Labute approximate surface area is 152 Å². The van der Waals surface area contributed by atoms with E-state index < -0.39 is 11.4 Å². The molecule has 1 aromatic rings. The van der Waals surface area contributed by atoms with Crippen molar-refractivity contribution in [2.75, 3.05) is 13.1 Å². The molecular formula is C18H23Cl2NO3. The first-order chi connectivity index (χ1) is 11.4. The zero-order chi connectivity index (χ0) is 17.9. The minimum Gasteiger partial charge on any atom is -0.481 e. The fraction of sp³-hybridized carbons (Fsp3) is 0.556. The average molecular weight is 372 g/mol. The highest BCUT2D eigenvalue weighted by atomic mass is 35.5. The molecule has 1 amide bonds. The van der Waals surface area contributed by atoms with Gasteiger partial charge >= 0.3 is 5.97 Å². The van der Waals surface area contributed by atoms with Crippen LogP contribution in [-0.4, -0.2) is 35.0 Å². The number of hydrogen-bond donors (Lipinski definition) is 1. The van der Waals surface area contributed by atoms with Crippen LogP contribution >= 0.6 is 23.2 Å².